The van der Waals surface area contributed by atoms with Crippen molar-refractivity contribution < 1.29 is 22.3 Å². The number of anilines is 1. The van der Waals surface area contributed by atoms with Gasteiger partial charge in [0.15, 0.2) is 0 Å². The SMILES string of the molecule is O=S(=O)(Nc1cc(F)ccc1F)c1ccc(CO)c(Cl)c1. The molecule has 0 saturated carbocycles. The first kappa shape index (κ1) is 15.7. The van der Waals surface area contributed by atoms with Gasteiger partial charge < -0.3 is 5.11 Å². The highest BCUT2D eigenvalue weighted by molar-refractivity contribution is 7.92. The number of hydrogen-bond acceptors (Lipinski definition) is 3. The number of rotatable bonds is 4. The van der Waals surface area contributed by atoms with Crippen molar-refractivity contribution in [2.45, 2.75) is 11.5 Å². The average molecular weight is 334 g/mol. The van der Waals surface area contributed by atoms with E-state index < -0.39 is 27.3 Å². The fourth-order valence-electron chi connectivity index (χ4n) is 1.60. The minimum absolute atomic E-state index is 0.0556. The number of halogens is 3. The van der Waals surface area contributed by atoms with Crippen LogP contribution in [0.1, 0.15) is 5.56 Å². The maximum Gasteiger partial charge on any atom is 0.262 e. The Labute approximate surface area is 125 Å². The summed E-state index contributed by atoms with van der Waals surface area (Å²) in [5, 5.41) is 9.03. The highest BCUT2D eigenvalue weighted by atomic mass is 35.5. The topological polar surface area (TPSA) is 66.4 Å². The second kappa shape index (κ2) is 5.97. The molecule has 0 aliphatic carbocycles. The summed E-state index contributed by atoms with van der Waals surface area (Å²) >= 11 is 5.81. The van der Waals surface area contributed by atoms with Crippen LogP contribution >= 0.6 is 11.6 Å². The van der Waals surface area contributed by atoms with E-state index in [1.165, 1.54) is 12.1 Å². The van der Waals surface area contributed by atoms with Crippen LogP contribution < -0.4 is 4.72 Å². The van der Waals surface area contributed by atoms with Crippen LogP contribution in [0.5, 0.6) is 0 Å². The lowest BCUT2D eigenvalue weighted by Gasteiger charge is -2.10. The largest absolute Gasteiger partial charge is 0.392 e. The molecule has 0 radical (unpaired) electrons. The fraction of sp³-hybridized carbons (Fsp3) is 0.0769. The molecule has 0 bridgehead atoms. The maximum atomic E-state index is 13.5. The number of aliphatic hydroxyl groups is 1. The normalized spacial score (nSPS) is 11.4. The van der Waals surface area contributed by atoms with E-state index in [1.807, 2.05) is 4.72 Å². The Morgan fingerprint density at radius 1 is 1.14 bits per heavy atom. The van der Waals surface area contributed by atoms with E-state index in [0.29, 0.717) is 5.56 Å². The minimum Gasteiger partial charge on any atom is -0.392 e. The molecule has 0 fully saturated rings. The lowest BCUT2D eigenvalue weighted by Crippen LogP contribution is -2.14. The van der Waals surface area contributed by atoms with Gasteiger partial charge in [0.1, 0.15) is 11.6 Å². The monoisotopic (exact) mass is 333 g/mol. The lowest BCUT2D eigenvalue weighted by molar-refractivity contribution is 0.282. The predicted molar refractivity (Wildman–Crippen MR) is 74.5 cm³/mol. The zero-order valence-corrected chi connectivity index (χ0v) is 12.0. The van der Waals surface area contributed by atoms with Gasteiger partial charge in [-0.15, -0.1) is 0 Å². The summed E-state index contributed by atoms with van der Waals surface area (Å²) in [7, 11) is -4.12. The molecule has 0 unspecified atom stereocenters. The van der Waals surface area contributed by atoms with Crippen molar-refractivity contribution in [3.8, 4) is 0 Å². The van der Waals surface area contributed by atoms with Crippen LogP contribution in [0.25, 0.3) is 0 Å². The van der Waals surface area contributed by atoms with Crippen LogP contribution in [0.3, 0.4) is 0 Å². The van der Waals surface area contributed by atoms with Crippen molar-refractivity contribution in [2.75, 3.05) is 4.72 Å². The molecule has 0 saturated heterocycles. The number of nitrogens with one attached hydrogen (secondary N) is 1. The maximum absolute atomic E-state index is 13.5. The highest BCUT2D eigenvalue weighted by Gasteiger charge is 2.18. The van der Waals surface area contributed by atoms with Gasteiger partial charge in [0, 0.05) is 11.1 Å². The molecule has 0 spiro atoms. The van der Waals surface area contributed by atoms with Crippen LogP contribution in [-0.4, -0.2) is 13.5 Å². The Morgan fingerprint density at radius 3 is 2.48 bits per heavy atom. The molecule has 112 valence electrons. The van der Waals surface area contributed by atoms with Crippen molar-refractivity contribution >= 4 is 27.3 Å². The summed E-state index contributed by atoms with van der Waals surface area (Å²) in [4.78, 5) is -0.228. The Balaban J connectivity index is 2.38. The molecule has 2 aromatic carbocycles. The van der Waals surface area contributed by atoms with Crippen molar-refractivity contribution in [3.05, 3.63) is 58.6 Å². The van der Waals surface area contributed by atoms with E-state index >= 15 is 0 Å². The standard InChI is InChI=1S/C13H10ClF2NO3S/c14-11-6-10(3-1-8(11)7-18)21(19,20)17-13-5-9(15)2-4-12(13)16/h1-6,17-18H,7H2. The van der Waals surface area contributed by atoms with E-state index in [4.69, 9.17) is 16.7 Å². The van der Waals surface area contributed by atoms with E-state index in [9.17, 15) is 17.2 Å². The van der Waals surface area contributed by atoms with Gasteiger partial charge in [0.2, 0.25) is 0 Å². The van der Waals surface area contributed by atoms with Gasteiger partial charge in [-0.25, -0.2) is 17.2 Å². The Hall–Kier alpha value is -1.70. The van der Waals surface area contributed by atoms with Crippen molar-refractivity contribution in [3.63, 3.8) is 0 Å². The first-order chi connectivity index (χ1) is 9.83. The highest BCUT2D eigenvalue weighted by Crippen LogP contribution is 2.24. The lowest BCUT2D eigenvalue weighted by atomic mass is 10.2. The molecular weight excluding hydrogens is 324 g/mol. The Morgan fingerprint density at radius 2 is 1.86 bits per heavy atom. The van der Waals surface area contributed by atoms with E-state index in [1.54, 1.807) is 0 Å². The molecule has 8 heteroatoms. The summed E-state index contributed by atoms with van der Waals surface area (Å²) in [6.07, 6.45) is 0. The third-order valence-corrected chi connectivity index (χ3v) is 4.39. The van der Waals surface area contributed by atoms with Gasteiger partial charge in [0.25, 0.3) is 10.0 Å². The van der Waals surface area contributed by atoms with Crippen LogP contribution in [-0.2, 0) is 16.6 Å². The summed E-state index contributed by atoms with van der Waals surface area (Å²) in [6.45, 7) is -0.342. The van der Waals surface area contributed by atoms with Crippen LogP contribution in [0, 0.1) is 11.6 Å². The van der Waals surface area contributed by atoms with Gasteiger partial charge in [-0.2, -0.15) is 0 Å². The zero-order valence-electron chi connectivity index (χ0n) is 10.5. The molecule has 0 heterocycles. The summed E-state index contributed by atoms with van der Waals surface area (Å²) < 4.78 is 52.6. The van der Waals surface area contributed by atoms with Gasteiger partial charge in [-0.3, -0.25) is 4.72 Å². The molecular formula is C13H10ClF2NO3S. The quantitative estimate of drug-likeness (QED) is 0.904. The van der Waals surface area contributed by atoms with Gasteiger partial charge in [0.05, 0.1) is 17.2 Å². The molecule has 0 aliphatic heterocycles. The Bertz CT molecular complexity index is 781. The zero-order chi connectivity index (χ0) is 15.6. The molecule has 4 nitrogen and oxygen atoms in total. The molecule has 0 aliphatic rings. The van der Waals surface area contributed by atoms with E-state index in [2.05, 4.69) is 0 Å². The molecule has 0 aromatic heterocycles. The first-order valence-electron chi connectivity index (χ1n) is 5.70. The number of hydrogen-bond donors (Lipinski definition) is 2. The first-order valence-corrected chi connectivity index (χ1v) is 7.57. The van der Waals surface area contributed by atoms with Crippen molar-refractivity contribution in [1.82, 2.24) is 0 Å². The third-order valence-electron chi connectivity index (χ3n) is 2.68. The van der Waals surface area contributed by atoms with Gasteiger partial charge >= 0.3 is 0 Å². The molecule has 2 rings (SSSR count). The molecule has 2 N–H and O–H groups in total. The number of sulfonamides is 1. The summed E-state index contributed by atoms with van der Waals surface area (Å²) in [5.74, 6) is -1.68. The van der Waals surface area contributed by atoms with E-state index in [-0.39, 0.29) is 16.5 Å². The van der Waals surface area contributed by atoms with Crippen LogP contribution in [0.15, 0.2) is 41.3 Å². The Kier molecular flexibility index (Phi) is 4.46. The van der Waals surface area contributed by atoms with Crippen molar-refractivity contribution in [1.29, 1.82) is 0 Å². The van der Waals surface area contributed by atoms with Gasteiger partial charge in [-0.1, -0.05) is 17.7 Å². The summed E-state index contributed by atoms with van der Waals surface area (Å²) in [5.41, 5.74) is -0.148. The minimum atomic E-state index is -4.12. The second-order valence-electron chi connectivity index (χ2n) is 4.14. The predicted octanol–water partition coefficient (Wildman–Crippen LogP) is 2.91. The molecule has 0 amide bonds. The van der Waals surface area contributed by atoms with Gasteiger partial charge in [-0.05, 0) is 29.8 Å². The summed E-state index contributed by atoms with van der Waals surface area (Å²) in [6, 6.07) is 6.08. The smallest absolute Gasteiger partial charge is 0.262 e. The fourth-order valence-corrected chi connectivity index (χ4v) is 2.99. The number of benzene rings is 2. The second-order valence-corrected chi connectivity index (χ2v) is 6.23. The number of aliphatic hydroxyl groups excluding tert-OH is 1. The van der Waals surface area contributed by atoms with Crippen LogP contribution in [0.4, 0.5) is 14.5 Å². The van der Waals surface area contributed by atoms with Crippen molar-refractivity contribution in [2.24, 2.45) is 0 Å². The molecule has 21 heavy (non-hydrogen) atoms. The average Bonchev–Trinajstić information content (AvgIpc) is 2.42. The molecule has 2 aromatic rings. The third kappa shape index (κ3) is 3.49. The molecule has 0 atom stereocenters. The van der Waals surface area contributed by atoms with E-state index in [0.717, 1.165) is 24.3 Å². The van der Waals surface area contributed by atoms with Crippen LogP contribution in [0.2, 0.25) is 5.02 Å².